The maximum Gasteiger partial charge on any atom is 0.152 e. The van der Waals surface area contributed by atoms with Crippen molar-refractivity contribution in [1.29, 1.82) is 0 Å². The molecule has 14 heavy (non-hydrogen) atoms. The third kappa shape index (κ3) is 1.58. The van der Waals surface area contributed by atoms with Crippen LogP contribution in [-0.2, 0) is 0 Å². The zero-order valence-electron chi connectivity index (χ0n) is 7.09. The summed E-state index contributed by atoms with van der Waals surface area (Å²) in [7, 11) is 0. The van der Waals surface area contributed by atoms with E-state index in [4.69, 9.17) is 0 Å². The van der Waals surface area contributed by atoms with Gasteiger partial charge in [-0.25, -0.2) is 4.68 Å². The summed E-state index contributed by atoms with van der Waals surface area (Å²) in [6.45, 7) is 0. The van der Waals surface area contributed by atoms with Gasteiger partial charge in [0.15, 0.2) is 6.29 Å². The van der Waals surface area contributed by atoms with Crippen molar-refractivity contribution in [2.24, 2.45) is 0 Å². The quantitative estimate of drug-likeness (QED) is 0.766. The molecule has 2 rings (SSSR count). The van der Waals surface area contributed by atoms with Gasteiger partial charge in [-0.1, -0.05) is 21.1 Å². The van der Waals surface area contributed by atoms with Gasteiger partial charge in [0.25, 0.3) is 0 Å². The molecule has 0 atom stereocenters. The number of hydrogen-bond acceptors (Lipinski definition) is 3. The van der Waals surface area contributed by atoms with E-state index in [1.165, 1.54) is 0 Å². The molecule has 0 radical (unpaired) electrons. The molecule has 0 aliphatic rings. The molecular weight excluding hydrogens is 246 g/mol. The number of carbonyl (C=O) groups excluding carboxylic acids is 1. The lowest BCUT2D eigenvalue weighted by Gasteiger charge is -2.03. The Kier molecular flexibility index (Phi) is 2.41. The van der Waals surface area contributed by atoms with Crippen LogP contribution in [-0.4, -0.2) is 21.3 Å². The minimum absolute atomic E-state index is 0.574. The second kappa shape index (κ2) is 3.71. The molecule has 0 unspecified atom stereocenters. The molecule has 70 valence electrons. The van der Waals surface area contributed by atoms with Gasteiger partial charge >= 0.3 is 0 Å². The zero-order valence-corrected chi connectivity index (χ0v) is 8.68. The first-order valence-electron chi connectivity index (χ1n) is 3.92. The van der Waals surface area contributed by atoms with Crippen molar-refractivity contribution in [1.82, 2.24) is 15.0 Å². The van der Waals surface area contributed by atoms with Crippen molar-refractivity contribution in [2.75, 3.05) is 0 Å². The molecule has 0 fully saturated rings. The third-order valence-electron chi connectivity index (χ3n) is 1.79. The average molecular weight is 252 g/mol. The Morgan fingerprint density at radius 3 is 2.93 bits per heavy atom. The first-order chi connectivity index (χ1) is 6.81. The molecule has 0 amide bonds. The van der Waals surface area contributed by atoms with Gasteiger partial charge in [-0.3, -0.25) is 4.79 Å². The monoisotopic (exact) mass is 251 g/mol. The highest BCUT2D eigenvalue weighted by Crippen LogP contribution is 2.17. The predicted molar refractivity (Wildman–Crippen MR) is 54.4 cm³/mol. The fourth-order valence-corrected chi connectivity index (χ4v) is 1.54. The second-order valence-corrected chi connectivity index (χ2v) is 3.58. The first-order valence-corrected chi connectivity index (χ1v) is 4.72. The van der Waals surface area contributed by atoms with Crippen molar-refractivity contribution in [2.45, 2.75) is 0 Å². The molecule has 0 aliphatic carbocycles. The maximum absolute atomic E-state index is 10.8. The van der Waals surface area contributed by atoms with Crippen LogP contribution in [0.3, 0.4) is 0 Å². The second-order valence-electron chi connectivity index (χ2n) is 2.67. The number of halogens is 1. The van der Waals surface area contributed by atoms with Crippen LogP contribution in [0.25, 0.3) is 5.69 Å². The van der Waals surface area contributed by atoms with Crippen molar-refractivity contribution < 1.29 is 4.79 Å². The summed E-state index contributed by atoms with van der Waals surface area (Å²) in [5.41, 5.74) is 1.30. The van der Waals surface area contributed by atoms with Crippen LogP contribution >= 0.6 is 15.9 Å². The molecule has 1 heterocycles. The van der Waals surface area contributed by atoms with Gasteiger partial charge < -0.3 is 0 Å². The normalized spacial score (nSPS) is 10.1. The summed E-state index contributed by atoms with van der Waals surface area (Å²) < 4.78 is 2.42. The van der Waals surface area contributed by atoms with E-state index in [0.717, 1.165) is 16.4 Å². The van der Waals surface area contributed by atoms with E-state index in [2.05, 4.69) is 26.2 Å². The van der Waals surface area contributed by atoms with Crippen molar-refractivity contribution in [3.05, 3.63) is 40.6 Å². The number of rotatable bonds is 2. The number of hydrogen-bond donors (Lipinski definition) is 0. The topological polar surface area (TPSA) is 47.8 Å². The van der Waals surface area contributed by atoms with Crippen LogP contribution in [0.4, 0.5) is 0 Å². The van der Waals surface area contributed by atoms with Crippen molar-refractivity contribution in [3.8, 4) is 5.69 Å². The number of aldehydes is 1. The number of benzene rings is 1. The SMILES string of the molecule is O=Cc1cc(Br)ccc1-n1ccnn1. The number of carbonyl (C=O) groups is 1. The molecule has 1 aromatic heterocycles. The van der Waals surface area contributed by atoms with E-state index in [-0.39, 0.29) is 0 Å². The summed E-state index contributed by atoms with van der Waals surface area (Å²) in [6, 6.07) is 5.40. The lowest BCUT2D eigenvalue weighted by molar-refractivity contribution is 0.112. The average Bonchev–Trinajstić information content (AvgIpc) is 2.70. The zero-order chi connectivity index (χ0) is 9.97. The molecule has 0 saturated heterocycles. The Morgan fingerprint density at radius 2 is 2.29 bits per heavy atom. The minimum atomic E-state index is 0.574. The molecule has 5 heteroatoms. The molecular formula is C9H6BrN3O. The van der Waals surface area contributed by atoms with Crippen LogP contribution in [0.15, 0.2) is 35.1 Å². The first kappa shape index (κ1) is 9.08. The summed E-state index contributed by atoms with van der Waals surface area (Å²) in [6.07, 6.45) is 4.05. The van der Waals surface area contributed by atoms with Crippen LogP contribution in [0.2, 0.25) is 0 Å². The summed E-state index contributed by atoms with van der Waals surface area (Å²) in [5, 5.41) is 7.50. The Balaban J connectivity index is 2.58. The van der Waals surface area contributed by atoms with Gasteiger partial charge in [-0.15, -0.1) is 5.10 Å². The molecule has 2 aromatic rings. The number of nitrogens with zero attached hydrogens (tertiary/aromatic N) is 3. The summed E-state index contributed by atoms with van der Waals surface area (Å²) in [5.74, 6) is 0. The molecule has 1 aromatic carbocycles. The summed E-state index contributed by atoms with van der Waals surface area (Å²) >= 11 is 3.30. The van der Waals surface area contributed by atoms with Gasteiger partial charge in [0.2, 0.25) is 0 Å². The van der Waals surface area contributed by atoms with Gasteiger partial charge in [-0.2, -0.15) is 0 Å². The van der Waals surface area contributed by atoms with Crippen molar-refractivity contribution >= 4 is 22.2 Å². The molecule has 0 bridgehead atoms. The third-order valence-corrected chi connectivity index (χ3v) is 2.28. The highest BCUT2D eigenvalue weighted by Gasteiger charge is 2.04. The smallest absolute Gasteiger partial charge is 0.152 e. The van der Waals surface area contributed by atoms with Crippen LogP contribution in [0.1, 0.15) is 10.4 Å². The van der Waals surface area contributed by atoms with Crippen LogP contribution < -0.4 is 0 Å². The lowest BCUT2D eigenvalue weighted by Crippen LogP contribution is -1.99. The van der Waals surface area contributed by atoms with E-state index in [0.29, 0.717) is 5.56 Å². The Hall–Kier alpha value is -1.49. The van der Waals surface area contributed by atoms with Gasteiger partial charge in [0.05, 0.1) is 18.1 Å². The lowest BCUT2D eigenvalue weighted by atomic mass is 10.2. The fraction of sp³-hybridized carbons (Fsp3) is 0. The van der Waals surface area contributed by atoms with E-state index in [9.17, 15) is 4.79 Å². The highest BCUT2D eigenvalue weighted by molar-refractivity contribution is 9.10. The molecule has 0 spiro atoms. The Bertz CT molecular complexity index is 453. The molecule has 4 nitrogen and oxygen atoms in total. The van der Waals surface area contributed by atoms with E-state index < -0.39 is 0 Å². The molecule has 0 aliphatic heterocycles. The Labute approximate surface area is 88.7 Å². The number of aromatic nitrogens is 3. The largest absolute Gasteiger partial charge is 0.298 e. The minimum Gasteiger partial charge on any atom is -0.298 e. The fourth-order valence-electron chi connectivity index (χ4n) is 1.17. The summed E-state index contributed by atoms with van der Waals surface area (Å²) in [4.78, 5) is 10.8. The van der Waals surface area contributed by atoms with E-state index in [1.807, 2.05) is 12.1 Å². The van der Waals surface area contributed by atoms with Crippen molar-refractivity contribution in [3.63, 3.8) is 0 Å². The van der Waals surface area contributed by atoms with Crippen LogP contribution in [0, 0.1) is 0 Å². The van der Waals surface area contributed by atoms with E-state index >= 15 is 0 Å². The Morgan fingerprint density at radius 1 is 1.43 bits per heavy atom. The van der Waals surface area contributed by atoms with Gasteiger partial charge in [0.1, 0.15) is 0 Å². The van der Waals surface area contributed by atoms with Crippen LogP contribution in [0.5, 0.6) is 0 Å². The van der Waals surface area contributed by atoms with Gasteiger partial charge in [-0.05, 0) is 18.2 Å². The molecule has 0 saturated carbocycles. The highest BCUT2D eigenvalue weighted by atomic mass is 79.9. The maximum atomic E-state index is 10.8. The molecule has 0 N–H and O–H groups in total. The van der Waals surface area contributed by atoms with E-state index in [1.54, 1.807) is 23.1 Å². The standard InChI is InChI=1S/C9H6BrN3O/c10-8-1-2-9(7(5-8)6-14)13-4-3-11-12-13/h1-6H. The van der Waals surface area contributed by atoms with Gasteiger partial charge in [0, 0.05) is 10.0 Å². The predicted octanol–water partition coefficient (Wildman–Crippen LogP) is 1.84.